The number of benzene rings is 1. The first-order valence-electron chi connectivity index (χ1n) is 4.66. The molecule has 0 spiro atoms. The van der Waals surface area contributed by atoms with Crippen molar-refractivity contribution in [1.29, 1.82) is 0 Å². The first-order valence-corrected chi connectivity index (χ1v) is 4.66. The van der Waals surface area contributed by atoms with Crippen LogP contribution in [0, 0.1) is 0 Å². The molecule has 0 bridgehead atoms. The molecule has 0 aliphatic carbocycles. The van der Waals surface area contributed by atoms with Gasteiger partial charge in [0.1, 0.15) is 0 Å². The Kier molecular flexibility index (Phi) is 4.04. The molecule has 0 atom stereocenters. The molecule has 0 unspecified atom stereocenters. The number of rotatable bonds is 4. The molecule has 0 aliphatic heterocycles. The maximum atomic E-state index is 3.72. The minimum atomic E-state index is 1.10. The van der Waals surface area contributed by atoms with Gasteiger partial charge in [0.15, 0.2) is 0 Å². The summed E-state index contributed by atoms with van der Waals surface area (Å²) < 4.78 is 0. The number of aryl methyl sites for hydroxylation is 1. The molecule has 1 rings (SSSR count). The van der Waals surface area contributed by atoms with Crippen LogP contribution in [0.2, 0.25) is 0 Å². The Morgan fingerprint density at radius 2 is 2.00 bits per heavy atom. The molecule has 68 valence electrons. The molecule has 0 N–H and O–H groups in total. The minimum absolute atomic E-state index is 1.10. The fourth-order valence-electron chi connectivity index (χ4n) is 1.19. The van der Waals surface area contributed by atoms with E-state index in [1.165, 1.54) is 11.1 Å². The molecule has 1 aromatic carbocycles. The van der Waals surface area contributed by atoms with Crippen LogP contribution in [-0.4, -0.2) is 0 Å². The molecule has 0 aliphatic rings. The smallest absolute Gasteiger partial charge is 0.0244 e. The normalized spacial score (nSPS) is 11.3. The van der Waals surface area contributed by atoms with Crippen molar-refractivity contribution in [2.75, 3.05) is 0 Å². The van der Waals surface area contributed by atoms with Crippen molar-refractivity contribution in [2.45, 2.75) is 19.8 Å². The zero-order valence-corrected chi connectivity index (χ0v) is 8.16. The molecular weight excluding hydrogens is 156 g/mol. The van der Waals surface area contributed by atoms with Gasteiger partial charge in [0.05, 0.1) is 0 Å². The number of hydrogen-bond donors (Lipinski definition) is 0. The highest BCUT2D eigenvalue weighted by Gasteiger charge is 1.88. The maximum Gasteiger partial charge on any atom is -0.0244 e. The van der Waals surface area contributed by atoms with E-state index in [0.717, 1.165) is 12.8 Å². The van der Waals surface area contributed by atoms with Crippen LogP contribution in [0.25, 0.3) is 0 Å². The summed E-state index contributed by atoms with van der Waals surface area (Å²) in [6.07, 6.45) is 6.33. The SMILES string of the molecule is C=C/C(C)=C\CCc1ccccc1. The fraction of sp³-hybridized carbons (Fsp3) is 0.231. The molecule has 0 saturated heterocycles. The Morgan fingerprint density at radius 1 is 1.31 bits per heavy atom. The molecule has 0 nitrogen and oxygen atoms in total. The van der Waals surface area contributed by atoms with Gasteiger partial charge >= 0.3 is 0 Å². The molecular formula is C13H16. The first kappa shape index (κ1) is 9.79. The lowest BCUT2D eigenvalue weighted by Crippen LogP contribution is -1.81. The van der Waals surface area contributed by atoms with Crippen LogP contribution >= 0.6 is 0 Å². The number of hydrogen-bond acceptors (Lipinski definition) is 0. The fourth-order valence-corrected chi connectivity index (χ4v) is 1.19. The van der Waals surface area contributed by atoms with Crippen LogP contribution in [0.3, 0.4) is 0 Å². The molecule has 0 heteroatoms. The summed E-state index contributed by atoms with van der Waals surface area (Å²) in [5, 5.41) is 0. The summed E-state index contributed by atoms with van der Waals surface area (Å²) in [6.45, 7) is 5.80. The summed E-state index contributed by atoms with van der Waals surface area (Å²) in [6, 6.07) is 10.5. The largest absolute Gasteiger partial charge is 0.0988 e. The highest BCUT2D eigenvalue weighted by Crippen LogP contribution is 2.04. The molecule has 0 aromatic heterocycles. The van der Waals surface area contributed by atoms with Crippen molar-refractivity contribution < 1.29 is 0 Å². The van der Waals surface area contributed by atoms with Gasteiger partial charge in [-0.05, 0) is 25.3 Å². The zero-order valence-electron chi connectivity index (χ0n) is 8.16. The van der Waals surface area contributed by atoms with Gasteiger partial charge in [0, 0.05) is 0 Å². The predicted molar refractivity (Wildman–Crippen MR) is 58.7 cm³/mol. The highest BCUT2D eigenvalue weighted by molar-refractivity contribution is 5.17. The van der Waals surface area contributed by atoms with Gasteiger partial charge in [-0.15, -0.1) is 0 Å². The Balaban J connectivity index is 2.40. The van der Waals surface area contributed by atoms with Crippen molar-refractivity contribution in [3.8, 4) is 0 Å². The van der Waals surface area contributed by atoms with Crippen molar-refractivity contribution in [3.05, 3.63) is 60.2 Å². The van der Waals surface area contributed by atoms with Gasteiger partial charge < -0.3 is 0 Å². The van der Waals surface area contributed by atoms with E-state index in [9.17, 15) is 0 Å². The average molecular weight is 172 g/mol. The van der Waals surface area contributed by atoms with E-state index in [1.54, 1.807) is 0 Å². The van der Waals surface area contributed by atoms with Crippen LogP contribution in [0.5, 0.6) is 0 Å². The summed E-state index contributed by atoms with van der Waals surface area (Å²) in [7, 11) is 0. The van der Waals surface area contributed by atoms with E-state index in [0.29, 0.717) is 0 Å². The number of allylic oxidation sites excluding steroid dienone is 3. The van der Waals surface area contributed by atoms with E-state index in [-0.39, 0.29) is 0 Å². The first-order chi connectivity index (χ1) is 6.33. The van der Waals surface area contributed by atoms with Crippen LogP contribution in [0.1, 0.15) is 18.9 Å². The Bertz CT molecular complexity index is 280. The third-order valence-electron chi connectivity index (χ3n) is 2.06. The Labute approximate surface area is 80.6 Å². The van der Waals surface area contributed by atoms with E-state index in [1.807, 2.05) is 12.1 Å². The van der Waals surface area contributed by atoms with Gasteiger partial charge in [0.25, 0.3) is 0 Å². The van der Waals surface area contributed by atoms with Crippen LogP contribution in [0.4, 0.5) is 0 Å². The predicted octanol–water partition coefficient (Wildman–Crippen LogP) is 3.75. The highest BCUT2D eigenvalue weighted by atomic mass is 13.9. The van der Waals surface area contributed by atoms with E-state index in [2.05, 4.69) is 43.8 Å². The summed E-state index contributed by atoms with van der Waals surface area (Å²) in [5.74, 6) is 0. The van der Waals surface area contributed by atoms with Gasteiger partial charge in [-0.3, -0.25) is 0 Å². The van der Waals surface area contributed by atoms with Crippen molar-refractivity contribution in [1.82, 2.24) is 0 Å². The van der Waals surface area contributed by atoms with Gasteiger partial charge in [-0.2, -0.15) is 0 Å². The van der Waals surface area contributed by atoms with E-state index < -0.39 is 0 Å². The average Bonchev–Trinajstić information content (AvgIpc) is 2.19. The van der Waals surface area contributed by atoms with E-state index >= 15 is 0 Å². The summed E-state index contributed by atoms with van der Waals surface area (Å²) in [5.41, 5.74) is 2.66. The molecule has 0 saturated carbocycles. The lowest BCUT2D eigenvalue weighted by Gasteiger charge is -1.97. The van der Waals surface area contributed by atoms with Gasteiger partial charge in [0.2, 0.25) is 0 Å². The van der Waals surface area contributed by atoms with Crippen LogP contribution in [-0.2, 0) is 6.42 Å². The molecule has 0 amide bonds. The molecule has 0 heterocycles. The van der Waals surface area contributed by atoms with Crippen molar-refractivity contribution in [3.63, 3.8) is 0 Å². The van der Waals surface area contributed by atoms with Crippen LogP contribution in [0.15, 0.2) is 54.6 Å². The second-order valence-electron chi connectivity index (χ2n) is 3.18. The van der Waals surface area contributed by atoms with Crippen molar-refractivity contribution >= 4 is 0 Å². The van der Waals surface area contributed by atoms with Crippen molar-refractivity contribution in [2.24, 2.45) is 0 Å². The molecule has 0 radical (unpaired) electrons. The Hall–Kier alpha value is -1.30. The topological polar surface area (TPSA) is 0 Å². The Morgan fingerprint density at radius 3 is 2.62 bits per heavy atom. The molecule has 13 heavy (non-hydrogen) atoms. The van der Waals surface area contributed by atoms with Crippen LogP contribution < -0.4 is 0 Å². The third kappa shape index (κ3) is 3.75. The monoisotopic (exact) mass is 172 g/mol. The summed E-state index contributed by atoms with van der Waals surface area (Å²) >= 11 is 0. The van der Waals surface area contributed by atoms with Gasteiger partial charge in [-0.1, -0.05) is 54.6 Å². The molecule has 0 fully saturated rings. The quantitative estimate of drug-likeness (QED) is 0.607. The maximum absolute atomic E-state index is 3.72. The second kappa shape index (κ2) is 5.36. The lowest BCUT2D eigenvalue weighted by atomic mass is 10.1. The zero-order chi connectivity index (χ0) is 9.52. The minimum Gasteiger partial charge on any atom is -0.0988 e. The standard InChI is InChI=1S/C13H16/c1-3-12(2)8-7-11-13-9-5-4-6-10-13/h3-6,8-10H,1,7,11H2,2H3/b12-8-. The lowest BCUT2D eigenvalue weighted by molar-refractivity contribution is 0.994. The third-order valence-corrected chi connectivity index (χ3v) is 2.06. The molecule has 1 aromatic rings. The second-order valence-corrected chi connectivity index (χ2v) is 3.18. The summed E-state index contributed by atoms with van der Waals surface area (Å²) in [4.78, 5) is 0. The van der Waals surface area contributed by atoms with Gasteiger partial charge in [-0.25, -0.2) is 0 Å². The van der Waals surface area contributed by atoms with E-state index in [4.69, 9.17) is 0 Å².